The monoisotopic (exact) mass is 372 g/mol. The first-order chi connectivity index (χ1) is 10.1. The molecular formula is C15H11BrClFO3. The average molecular weight is 374 g/mol. The molecule has 0 saturated carbocycles. The van der Waals surface area contributed by atoms with Crippen molar-refractivity contribution in [1.82, 2.24) is 0 Å². The van der Waals surface area contributed by atoms with Crippen molar-refractivity contribution in [1.29, 1.82) is 0 Å². The molecule has 1 aliphatic heterocycles. The van der Waals surface area contributed by atoms with Crippen LogP contribution in [0, 0.1) is 5.82 Å². The maximum absolute atomic E-state index is 13.9. The number of hydrogen-bond donors (Lipinski definition) is 1. The van der Waals surface area contributed by atoms with Gasteiger partial charge >= 0.3 is 0 Å². The van der Waals surface area contributed by atoms with Crippen LogP contribution in [-0.4, -0.2) is 18.3 Å². The van der Waals surface area contributed by atoms with Gasteiger partial charge in [-0.15, -0.1) is 0 Å². The first kappa shape index (κ1) is 14.6. The molecule has 2 aromatic rings. The fraction of sp³-hybridized carbons (Fsp3) is 0.200. The smallest absolute Gasteiger partial charge is 0.179 e. The Morgan fingerprint density at radius 1 is 1.19 bits per heavy atom. The van der Waals surface area contributed by atoms with E-state index in [9.17, 15) is 9.50 Å². The van der Waals surface area contributed by atoms with E-state index in [1.807, 2.05) is 0 Å². The van der Waals surface area contributed by atoms with Crippen LogP contribution in [0.15, 0.2) is 34.8 Å². The molecule has 6 heteroatoms. The van der Waals surface area contributed by atoms with Gasteiger partial charge in [0.05, 0.1) is 5.02 Å². The van der Waals surface area contributed by atoms with Crippen molar-refractivity contribution in [3.63, 3.8) is 0 Å². The van der Waals surface area contributed by atoms with E-state index < -0.39 is 11.9 Å². The summed E-state index contributed by atoms with van der Waals surface area (Å²) in [4.78, 5) is 0. The summed E-state index contributed by atoms with van der Waals surface area (Å²) in [5.41, 5.74) is 0.610. The predicted molar refractivity (Wildman–Crippen MR) is 80.6 cm³/mol. The van der Waals surface area contributed by atoms with Gasteiger partial charge in [0.2, 0.25) is 0 Å². The van der Waals surface area contributed by atoms with Crippen LogP contribution in [-0.2, 0) is 0 Å². The molecule has 21 heavy (non-hydrogen) atoms. The second-order valence-corrected chi connectivity index (χ2v) is 5.92. The molecule has 0 radical (unpaired) electrons. The van der Waals surface area contributed by atoms with Crippen molar-refractivity contribution in [3.05, 3.63) is 56.8 Å². The number of halogens is 3. The van der Waals surface area contributed by atoms with E-state index in [1.165, 1.54) is 12.1 Å². The Morgan fingerprint density at radius 3 is 2.76 bits per heavy atom. The van der Waals surface area contributed by atoms with Gasteiger partial charge in [-0.05, 0) is 35.9 Å². The number of hydrogen-bond acceptors (Lipinski definition) is 3. The summed E-state index contributed by atoms with van der Waals surface area (Å²) in [7, 11) is 0. The van der Waals surface area contributed by atoms with Crippen molar-refractivity contribution in [3.8, 4) is 11.5 Å². The summed E-state index contributed by atoms with van der Waals surface area (Å²) < 4.78 is 25.4. The van der Waals surface area contributed by atoms with Crippen LogP contribution in [0.4, 0.5) is 4.39 Å². The molecule has 3 nitrogen and oxygen atoms in total. The molecule has 1 atom stereocenters. The molecule has 0 aromatic heterocycles. The van der Waals surface area contributed by atoms with Crippen molar-refractivity contribution in [2.45, 2.75) is 6.10 Å². The molecule has 0 amide bonds. The Hall–Kier alpha value is -1.30. The molecule has 2 aromatic carbocycles. The molecule has 1 N–H and O–H groups in total. The Bertz CT molecular complexity index is 693. The van der Waals surface area contributed by atoms with E-state index in [4.69, 9.17) is 21.1 Å². The standard InChI is InChI=1S/C15H11BrClFO3/c16-9-1-2-12(18)10(7-9)14(19)8-5-11(17)15-13(6-8)20-3-4-21-15/h1-2,5-7,14,19H,3-4H2. The number of fused-ring (bicyclic) bond motifs is 1. The molecular weight excluding hydrogens is 363 g/mol. The van der Waals surface area contributed by atoms with Crippen LogP contribution in [0.2, 0.25) is 5.02 Å². The number of rotatable bonds is 2. The van der Waals surface area contributed by atoms with E-state index in [1.54, 1.807) is 18.2 Å². The summed E-state index contributed by atoms with van der Waals surface area (Å²) in [6.07, 6.45) is -1.14. The van der Waals surface area contributed by atoms with Crippen molar-refractivity contribution < 1.29 is 19.0 Å². The highest BCUT2D eigenvalue weighted by Gasteiger charge is 2.22. The van der Waals surface area contributed by atoms with E-state index >= 15 is 0 Å². The predicted octanol–water partition coefficient (Wildman–Crippen LogP) is 4.09. The molecule has 0 spiro atoms. The van der Waals surface area contributed by atoms with E-state index in [2.05, 4.69) is 15.9 Å². The van der Waals surface area contributed by atoms with Gasteiger partial charge in [0, 0.05) is 10.0 Å². The highest BCUT2D eigenvalue weighted by atomic mass is 79.9. The van der Waals surface area contributed by atoms with Gasteiger partial charge in [0.15, 0.2) is 11.5 Å². The maximum Gasteiger partial charge on any atom is 0.179 e. The van der Waals surface area contributed by atoms with Gasteiger partial charge in [-0.25, -0.2) is 4.39 Å². The Labute approximate surface area is 134 Å². The molecule has 1 heterocycles. The van der Waals surface area contributed by atoms with Crippen molar-refractivity contribution >= 4 is 27.5 Å². The van der Waals surface area contributed by atoms with Gasteiger partial charge in [0.25, 0.3) is 0 Å². The molecule has 0 aliphatic carbocycles. The Kier molecular flexibility index (Phi) is 4.06. The zero-order chi connectivity index (χ0) is 15.0. The fourth-order valence-electron chi connectivity index (χ4n) is 2.19. The van der Waals surface area contributed by atoms with Crippen LogP contribution in [0.5, 0.6) is 11.5 Å². The first-order valence-corrected chi connectivity index (χ1v) is 7.45. The van der Waals surface area contributed by atoms with E-state index in [0.29, 0.717) is 39.8 Å². The van der Waals surface area contributed by atoms with Crippen LogP contribution >= 0.6 is 27.5 Å². The third kappa shape index (κ3) is 2.86. The van der Waals surface area contributed by atoms with Crippen molar-refractivity contribution in [2.75, 3.05) is 13.2 Å². The second-order valence-electron chi connectivity index (χ2n) is 4.60. The Morgan fingerprint density at radius 2 is 1.95 bits per heavy atom. The first-order valence-electron chi connectivity index (χ1n) is 6.28. The molecule has 0 saturated heterocycles. The van der Waals surface area contributed by atoms with Gasteiger partial charge in [-0.2, -0.15) is 0 Å². The number of benzene rings is 2. The quantitative estimate of drug-likeness (QED) is 0.861. The van der Waals surface area contributed by atoms with Crippen LogP contribution in [0.25, 0.3) is 0 Å². The molecule has 1 unspecified atom stereocenters. The van der Waals surface area contributed by atoms with Crippen molar-refractivity contribution in [2.24, 2.45) is 0 Å². The average Bonchev–Trinajstić information content (AvgIpc) is 2.49. The molecule has 110 valence electrons. The molecule has 0 bridgehead atoms. The van der Waals surface area contributed by atoms with Gasteiger partial charge in [-0.1, -0.05) is 27.5 Å². The lowest BCUT2D eigenvalue weighted by atomic mass is 10.0. The van der Waals surface area contributed by atoms with E-state index in [-0.39, 0.29) is 5.56 Å². The zero-order valence-corrected chi connectivity index (χ0v) is 13.1. The third-order valence-electron chi connectivity index (χ3n) is 3.19. The maximum atomic E-state index is 13.9. The highest BCUT2D eigenvalue weighted by Crippen LogP contribution is 2.41. The van der Waals surface area contributed by atoms with Gasteiger partial charge < -0.3 is 14.6 Å². The van der Waals surface area contributed by atoms with Crippen LogP contribution in [0.3, 0.4) is 0 Å². The largest absolute Gasteiger partial charge is 0.486 e. The minimum atomic E-state index is -1.14. The molecule has 1 aliphatic rings. The van der Waals surface area contributed by atoms with Crippen LogP contribution < -0.4 is 9.47 Å². The minimum absolute atomic E-state index is 0.164. The summed E-state index contributed by atoms with van der Waals surface area (Å²) in [6, 6.07) is 7.57. The zero-order valence-electron chi connectivity index (χ0n) is 10.8. The summed E-state index contributed by atoms with van der Waals surface area (Å²) >= 11 is 9.39. The third-order valence-corrected chi connectivity index (χ3v) is 3.96. The van der Waals surface area contributed by atoms with E-state index in [0.717, 1.165) is 0 Å². The summed E-state index contributed by atoms with van der Waals surface area (Å²) in [5.74, 6) is 0.420. The minimum Gasteiger partial charge on any atom is -0.486 e. The lowest BCUT2D eigenvalue weighted by Crippen LogP contribution is -2.16. The second kappa shape index (κ2) is 5.83. The Balaban J connectivity index is 2.03. The lowest BCUT2D eigenvalue weighted by Gasteiger charge is -2.22. The summed E-state index contributed by atoms with van der Waals surface area (Å²) in [5, 5.41) is 10.7. The fourth-order valence-corrected chi connectivity index (χ4v) is 2.84. The van der Waals surface area contributed by atoms with Crippen LogP contribution in [0.1, 0.15) is 17.2 Å². The number of aliphatic hydroxyl groups excluding tert-OH is 1. The number of aliphatic hydroxyl groups is 1. The van der Waals surface area contributed by atoms with Gasteiger partial charge in [0.1, 0.15) is 25.1 Å². The lowest BCUT2D eigenvalue weighted by molar-refractivity contribution is 0.169. The number of ether oxygens (including phenoxy) is 2. The normalized spacial score (nSPS) is 14.9. The summed E-state index contributed by atoms with van der Waals surface area (Å²) in [6.45, 7) is 0.836. The SMILES string of the molecule is OC(c1cc(Cl)c2c(c1)OCCO2)c1cc(Br)ccc1F. The molecule has 3 rings (SSSR count). The molecule has 0 fully saturated rings. The topological polar surface area (TPSA) is 38.7 Å². The van der Waals surface area contributed by atoms with Gasteiger partial charge in [-0.3, -0.25) is 0 Å². The highest BCUT2D eigenvalue weighted by molar-refractivity contribution is 9.10.